The smallest absolute Gasteiger partial charge is 0.128 e. The van der Waals surface area contributed by atoms with Gasteiger partial charge in [0, 0.05) is 38.1 Å². The zero-order chi connectivity index (χ0) is 19.7. The molecule has 0 aromatic carbocycles. The van der Waals surface area contributed by atoms with Gasteiger partial charge in [-0.2, -0.15) is 10.2 Å². The lowest BCUT2D eigenvalue weighted by atomic mass is 10.3. The van der Waals surface area contributed by atoms with Crippen molar-refractivity contribution in [3.63, 3.8) is 0 Å². The lowest BCUT2D eigenvalue weighted by Crippen LogP contribution is -2.18. The number of aryl methyl sites for hydroxylation is 1. The van der Waals surface area contributed by atoms with Gasteiger partial charge in [0.05, 0.1) is 36.0 Å². The molecule has 0 radical (unpaired) electrons. The molecule has 1 saturated heterocycles. The van der Waals surface area contributed by atoms with E-state index in [9.17, 15) is 0 Å². The van der Waals surface area contributed by atoms with E-state index < -0.39 is 0 Å². The van der Waals surface area contributed by atoms with Crippen molar-refractivity contribution in [3.05, 3.63) is 54.8 Å². The first-order valence-electron chi connectivity index (χ1n) is 9.94. The van der Waals surface area contributed by atoms with Gasteiger partial charge in [-0.25, -0.2) is 9.67 Å². The van der Waals surface area contributed by atoms with E-state index in [4.69, 9.17) is 5.10 Å². The Morgan fingerprint density at radius 2 is 1.79 bits per heavy atom. The van der Waals surface area contributed by atoms with E-state index in [1.807, 2.05) is 44.2 Å². The Bertz CT molecular complexity index is 961. The largest absolute Gasteiger partial charge is 0.357 e. The third-order valence-electron chi connectivity index (χ3n) is 5.15. The van der Waals surface area contributed by atoms with Crippen molar-refractivity contribution in [3.8, 4) is 5.69 Å². The maximum atomic E-state index is 4.75. The van der Waals surface area contributed by atoms with Crippen molar-refractivity contribution in [1.29, 1.82) is 0 Å². The lowest BCUT2D eigenvalue weighted by molar-refractivity contribution is 0.767. The molecule has 1 fully saturated rings. The zero-order valence-electron chi connectivity index (χ0n) is 16.8. The highest BCUT2D eigenvalue weighted by molar-refractivity contribution is 5.81. The number of pyridine rings is 1. The third kappa shape index (κ3) is 3.17. The van der Waals surface area contributed by atoms with E-state index in [-0.39, 0.29) is 0 Å². The standard InChI is InChI=1S/C19H21N7.C2H6/c1-14-19-15(11-25(14)17-10-21-23(2)13-17)12-26(22-19)16-5-6-18(20-9-16)24-7-3-4-8-24;1-2/h5-6,9-10,12-13H,1,3-4,7-8,11H2,2H3;1-2H3. The van der Waals surface area contributed by atoms with Gasteiger partial charge in [-0.3, -0.25) is 4.68 Å². The molecule has 5 rings (SSSR count). The molecule has 0 unspecified atom stereocenters. The van der Waals surface area contributed by atoms with Crippen LogP contribution >= 0.6 is 0 Å². The Morgan fingerprint density at radius 3 is 2.39 bits per heavy atom. The summed E-state index contributed by atoms with van der Waals surface area (Å²) in [5.41, 5.74) is 5.04. The highest BCUT2D eigenvalue weighted by Gasteiger charge is 2.28. The average Bonchev–Trinajstić information content (AvgIpc) is 3.50. The Labute approximate surface area is 165 Å². The fraction of sp³-hybridized carbons (Fsp3) is 0.381. The highest BCUT2D eigenvalue weighted by atomic mass is 15.3. The van der Waals surface area contributed by atoms with Crippen LogP contribution in [0.5, 0.6) is 0 Å². The third-order valence-corrected chi connectivity index (χ3v) is 5.15. The quantitative estimate of drug-likeness (QED) is 0.698. The van der Waals surface area contributed by atoms with Crippen LogP contribution in [0, 0.1) is 0 Å². The molecule has 0 saturated carbocycles. The SMILES string of the molecule is C=C1c2nn(-c3ccc(N4CCCC4)nc3)cc2CN1c1cnn(C)c1.CC. The van der Waals surface area contributed by atoms with Crippen molar-refractivity contribution >= 4 is 17.2 Å². The predicted molar refractivity (Wildman–Crippen MR) is 113 cm³/mol. The Hall–Kier alpha value is -3.09. The van der Waals surface area contributed by atoms with Crippen LogP contribution < -0.4 is 9.80 Å². The molecule has 0 spiro atoms. The van der Waals surface area contributed by atoms with Crippen LogP contribution in [0.4, 0.5) is 11.5 Å². The van der Waals surface area contributed by atoms with Crippen LogP contribution in [0.3, 0.4) is 0 Å². The second-order valence-electron chi connectivity index (χ2n) is 6.92. The predicted octanol–water partition coefficient (Wildman–Crippen LogP) is 3.62. The van der Waals surface area contributed by atoms with Crippen LogP contribution in [0.1, 0.15) is 37.9 Å². The zero-order valence-corrected chi connectivity index (χ0v) is 16.8. The molecule has 28 heavy (non-hydrogen) atoms. The van der Waals surface area contributed by atoms with Gasteiger partial charge in [-0.15, -0.1) is 0 Å². The van der Waals surface area contributed by atoms with E-state index in [0.29, 0.717) is 0 Å². The number of hydrogen-bond donors (Lipinski definition) is 0. The van der Waals surface area contributed by atoms with Crippen molar-refractivity contribution in [2.45, 2.75) is 33.2 Å². The minimum absolute atomic E-state index is 0.763. The molecule has 0 bridgehead atoms. The molecule has 2 aliphatic rings. The van der Waals surface area contributed by atoms with Crippen molar-refractivity contribution < 1.29 is 0 Å². The van der Waals surface area contributed by atoms with Gasteiger partial charge in [0.15, 0.2) is 0 Å². The number of fused-ring (bicyclic) bond motifs is 1. The van der Waals surface area contributed by atoms with Crippen LogP contribution in [-0.4, -0.2) is 37.6 Å². The summed E-state index contributed by atoms with van der Waals surface area (Å²) in [6.07, 6.45) is 10.3. The highest BCUT2D eigenvalue weighted by Crippen LogP contribution is 2.35. The molecule has 7 nitrogen and oxygen atoms in total. The van der Waals surface area contributed by atoms with Gasteiger partial charge < -0.3 is 9.80 Å². The number of anilines is 2. The second kappa shape index (κ2) is 7.50. The summed E-state index contributed by atoms with van der Waals surface area (Å²) in [4.78, 5) is 9.10. The minimum Gasteiger partial charge on any atom is -0.357 e. The van der Waals surface area contributed by atoms with Gasteiger partial charge in [0.1, 0.15) is 11.5 Å². The van der Waals surface area contributed by atoms with Gasteiger partial charge in [-0.05, 0) is 25.0 Å². The average molecular weight is 377 g/mol. The molecule has 0 N–H and O–H groups in total. The minimum atomic E-state index is 0.763. The van der Waals surface area contributed by atoms with E-state index in [1.165, 1.54) is 18.4 Å². The summed E-state index contributed by atoms with van der Waals surface area (Å²) < 4.78 is 3.70. The summed E-state index contributed by atoms with van der Waals surface area (Å²) in [7, 11) is 1.92. The molecule has 3 aromatic rings. The molecule has 7 heteroatoms. The lowest BCUT2D eigenvalue weighted by Gasteiger charge is -2.17. The van der Waals surface area contributed by atoms with E-state index in [1.54, 1.807) is 4.68 Å². The molecule has 5 heterocycles. The Morgan fingerprint density at radius 1 is 1.00 bits per heavy atom. The molecule has 0 atom stereocenters. The van der Waals surface area contributed by atoms with Crippen LogP contribution in [0.25, 0.3) is 11.4 Å². The summed E-state index contributed by atoms with van der Waals surface area (Å²) in [6, 6.07) is 4.18. The van der Waals surface area contributed by atoms with Crippen molar-refractivity contribution in [2.24, 2.45) is 7.05 Å². The molecule has 0 aliphatic carbocycles. The first-order valence-corrected chi connectivity index (χ1v) is 9.94. The molecule has 2 aliphatic heterocycles. The summed E-state index contributed by atoms with van der Waals surface area (Å²) >= 11 is 0. The second-order valence-corrected chi connectivity index (χ2v) is 6.92. The van der Waals surface area contributed by atoms with E-state index in [0.717, 1.165) is 48.2 Å². The van der Waals surface area contributed by atoms with Gasteiger partial charge in [-0.1, -0.05) is 20.4 Å². The van der Waals surface area contributed by atoms with E-state index in [2.05, 4.69) is 44.8 Å². The number of nitrogens with zero attached hydrogens (tertiary/aromatic N) is 7. The van der Waals surface area contributed by atoms with Crippen molar-refractivity contribution in [1.82, 2.24) is 24.5 Å². The Kier molecular flexibility index (Phi) is 4.90. The first-order chi connectivity index (χ1) is 13.7. The molecular weight excluding hydrogens is 350 g/mol. The monoisotopic (exact) mass is 377 g/mol. The van der Waals surface area contributed by atoms with Gasteiger partial charge in [0.2, 0.25) is 0 Å². The maximum absolute atomic E-state index is 4.75. The van der Waals surface area contributed by atoms with E-state index >= 15 is 0 Å². The van der Waals surface area contributed by atoms with Crippen LogP contribution in [0.2, 0.25) is 0 Å². The molecular formula is C21H27N7. The number of rotatable bonds is 3. The van der Waals surface area contributed by atoms with Crippen molar-refractivity contribution in [2.75, 3.05) is 22.9 Å². The summed E-state index contributed by atoms with van der Waals surface area (Å²) in [6.45, 7) is 11.2. The molecule has 3 aromatic heterocycles. The fourth-order valence-corrected chi connectivity index (χ4v) is 3.74. The fourth-order valence-electron chi connectivity index (χ4n) is 3.74. The summed E-state index contributed by atoms with van der Waals surface area (Å²) in [5, 5.41) is 8.99. The van der Waals surface area contributed by atoms with Gasteiger partial charge >= 0.3 is 0 Å². The normalized spacial score (nSPS) is 15.6. The van der Waals surface area contributed by atoms with Gasteiger partial charge in [0.25, 0.3) is 0 Å². The number of hydrogen-bond acceptors (Lipinski definition) is 5. The molecule has 0 amide bonds. The van der Waals surface area contributed by atoms with Crippen LogP contribution in [0.15, 0.2) is 43.5 Å². The number of aromatic nitrogens is 5. The van der Waals surface area contributed by atoms with Crippen LogP contribution in [-0.2, 0) is 13.6 Å². The summed E-state index contributed by atoms with van der Waals surface area (Å²) in [5.74, 6) is 1.05. The first kappa shape index (κ1) is 18.3. The maximum Gasteiger partial charge on any atom is 0.128 e. The topological polar surface area (TPSA) is 55.0 Å². The Balaban J connectivity index is 0.000000932. The molecule has 146 valence electrons.